The Bertz CT molecular complexity index is 2100. The normalized spacial score (nSPS) is 11.3. The van der Waals surface area contributed by atoms with Gasteiger partial charge in [0.15, 0.2) is 0 Å². The van der Waals surface area contributed by atoms with Crippen LogP contribution in [0.25, 0.3) is 27.5 Å². The molecule has 0 unspecified atom stereocenters. The number of rotatable bonds is 6. The van der Waals surface area contributed by atoms with E-state index >= 15 is 0 Å². The minimum Gasteiger partial charge on any atom is -0.308 e. The number of imidazole rings is 1. The molecule has 0 aliphatic heterocycles. The first-order chi connectivity index (χ1) is 21.4. The third kappa shape index (κ3) is 4.20. The fourth-order valence-electron chi connectivity index (χ4n) is 6.11. The summed E-state index contributed by atoms with van der Waals surface area (Å²) in [5.74, 6) is 0. The molecule has 43 heavy (non-hydrogen) atoms. The van der Waals surface area contributed by atoms with Crippen LogP contribution in [0.1, 0.15) is 0 Å². The number of hydrogen-bond acceptors (Lipinski definition) is 3. The Morgan fingerprint density at radius 2 is 0.791 bits per heavy atom. The molecule has 0 aliphatic rings. The van der Waals surface area contributed by atoms with E-state index in [1.165, 1.54) is 0 Å². The first-order valence-corrected chi connectivity index (χ1v) is 14.5. The summed E-state index contributed by atoms with van der Waals surface area (Å²) in [7, 11) is 0. The predicted octanol–water partition coefficient (Wildman–Crippen LogP) is 10.6. The molecule has 0 amide bonds. The van der Waals surface area contributed by atoms with E-state index in [2.05, 4.69) is 184 Å². The number of anilines is 6. The Kier molecular flexibility index (Phi) is 6.08. The highest BCUT2D eigenvalue weighted by molar-refractivity contribution is 6.22. The molecule has 0 saturated heterocycles. The molecule has 0 bridgehead atoms. The predicted molar refractivity (Wildman–Crippen MR) is 180 cm³/mol. The SMILES string of the molecule is c1ccc(N(c2ccccc2)c2c3ccccc3c(N(c3ccccc3)c3ccccc3)c3c2nc2ccccn23)cc1. The Morgan fingerprint density at radius 3 is 1.28 bits per heavy atom. The van der Waals surface area contributed by atoms with Crippen molar-refractivity contribution in [1.29, 1.82) is 0 Å². The van der Waals surface area contributed by atoms with Crippen LogP contribution in [0.3, 0.4) is 0 Å². The van der Waals surface area contributed by atoms with Crippen LogP contribution >= 0.6 is 0 Å². The van der Waals surface area contributed by atoms with Crippen LogP contribution in [0, 0.1) is 0 Å². The molecule has 4 heteroatoms. The van der Waals surface area contributed by atoms with Gasteiger partial charge in [0.05, 0.1) is 16.9 Å². The standard InChI is InChI=1S/C39H28N4/c1-5-17-29(18-6-1)42(30-19-7-2-8-20-30)37-33-25-13-14-26-34(33)38(39-36(37)40-35-27-15-16-28-41(35)39)43(31-21-9-3-10-22-31)32-23-11-4-12-24-32/h1-28H. The molecule has 0 atom stereocenters. The summed E-state index contributed by atoms with van der Waals surface area (Å²) in [6.45, 7) is 0. The van der Waals surface area contributed by atoms with Crippen molar-refractivity contribution in [3.05, 3.63) is 170 Å². The van der Waals surface area contributed by atoms with Crippen molar-refractivity contribution in [2.45, 2.75) is 0 Å². The van der Waals surface area contributed by atoms with Crippen molar-refractivity contribution in [3.63, 3.8) is 0 Å². The van der Waals surface area contributed by atoms with Crippen LogP contribution in [0.15, 0.2) is 170 Å². The molecule has 0 spiro atoms. The van der Waals surface area contributed by atoms with Gasteiger partial charge in [-0.15, -0.1) is 0 Å². The molecule has 0 radical (unpaired) electrons. The average Bonchev–Trinajstić information content (AvgIpc) is 3.47. The number of benzene rings is 6. The molecule has 4 nitrogen and oxygen atoms in total. The molecule has 2 heterocycles. The van der Waals surface area contributed by atoms with Crippen molar-refractivity contribution in [3.8, 4) is 0 Å². The van der Waals surface area contributed by atoms with E-state index in [-0.39, 0.29) is 0 Å². The zero-order chi connectivity index (χ0) is 28.6. The lowest BCUT2D eigenvalue weighted by molar-refractivity contribution is 1.21. The Balaban J connectivity index is 1.58. The van der Waals surface area contributed by atoms with Gasteiger partial charge in [0.1, 0.15) is 11.2 Å². The number of pyridine rings is 1. The fraction of sp³-hybridized carbons (Fsp3) is 0. The van der Waals surface area contributed by atoms with Crippen LogP contribution in [0.4, 0.5) is 34.1 Å². The maximum Gasteiger partial charge on any atom is 0.138 e. The van der Waals surface area contributed by atoms with Gasteiger partial charge < -0.3 is 9.80 Å². The number of nitrogens with zero attached hydrogens (tertiary/aromatic N) is 4. The van der Waals surface area contributed by atoms with E-state index in [9.17, 15) is 0 Å². The molecule has 2 aromatic heterocycles. The largest absolute Gasteiger partial charge is 0.308 e. The minimum atomic E-state index is 0.900. The number of aromatic nitrogens is 2. The first-order valence-electron chi connectivity index (χ1n) is 14.5. The van der Waals surface area contributed by atoms with E-state index in [4.69, 9.17) is 4.98 Å². The maximum absolute atomic E-state index is 5.36. The average molecular weight is 553 g/mol. The number of para-hydroxylation sites is 4. The van der Waals surface area contributed by atoms with Gasteiger partial charge in [-0.05, 0) is 60.7 Å². The van der Waals surface area contributed by atoms with Crippen LogP contribution < -0.4 is 9.80 Å². The van der Waals surface area contributed by atoms with E-state index < -0.39 is 0 Å². The quantitative estimate of drug-likeness (QED) is 0.192. The Labute approximate surface area is 250 Å². The van der Waals surface area contributed by atoms with Crippen molar-refractivity contribution >= 4 is 61.6 Å². The number of hydrogen-bond donors (Lipinski definition) is 0. The highest BCUT2D eigenvalue weighted by Crippen LogP contribution is 2.50. The minimum absolute atomic E-state index is 0.900. The molecule has 0 aliphatic carbocycles. The molecular formula is C39H28N4. The van der Waals surface area contributed by atoms with Crippen molar-refractivity contribution in [1.82, 2.24) is 9.38 Å². The second kappa shape index (κ2) is 10.5. The lowest BCUT2D eigenvalue weighted by atomic mass is 10.0. The maximum atomic E-state index is 5.36. The van der Waals surface area contributed by atoms with Crippen molar-refractivity contribution in [2.75, 3.05) is 9.80 Å². The topological polar surface area (TPSA) is 23.8 Å². The summed E-state index contributed by atoms with van der Waals surface area (Å²) in [5, 5.41) is 2.26. The third-order valence-corrected chi connectivity index (χ3v) is 7.92. The third-order valence-electron chi connectivity index (χ3n) is 7.92. The van der Waals surface area contributed by atoms with Crippen LogP contribution in [0.5, 0.6) is 0 Å². The highest BCUT2D eigenvalue weighted by Gasteiger charge is 2.28. The Morgan fingerprint density at radius 1 is 0.395 bits per heavy atom. The molecule has 0 fully saturated rings. The second-order valence-electron chi connectivity index (χ2n) is 10.5. The summed E-state index contributed by atoms with van der Waals surface area (Å²) in [5.41, 5.74) is 9.35. The van der Waals surface area contributed by atoms with Crippen LogP contribution in [-0.4, -0.2) is 9.38 Å². The van der Waals surface area contributed by atoms with E-state index in [0.717, 1.165) is 61.6 Å². The Hall–Kier alpha value is -5.87. The molecular weight excluding hydrogens is 524 g/mol. The van der Waals surface area contributed by atoms with Crippen molar-refractivity contribution in [2.24, 2.45) is 0 Å². The lowest BCUT2D eigenvalue weighted by Gasteiger charge is -2.31. The molecule has 204 valence electrons. The highest BCUT2D eigenvalue weighted by atomic mass is 15.2. The van der Waals surface area contributed by atoms with Crippen LogP contribution in [0.2, 0.25) is 0 Å². The summed E-state index contributed by atoms with van der Waals surface area (Å²) < 4.78 is 2.23. The lowest BCUT2D eigenvalue weighted by Crippen LogP contribution is -2.14. The van der Waals surface area contributed by atoms with E-state index in [1.807, 2.05) is 0 Å². The first kappa shape index (κ1) is 24.9. The van der Waals surface area contributed by atoms with Gasteiger partial charge in [-0.25, -0.2) is 4.98 Å². The zero-order valence-electron chi connectivity index (χ0n) is 23.5. The molecule has 8 aromatic rings. The zero-order valence-corrected chi connectivity index (χ0v) is 23.5. The summed E-state index contributed by atoms with van der Waals surface area (Å²) in [4.78, 5) is 10.1. The van der Waals surface area contributed by atoms with Crippen molar-refractivity contribution < 1.29 is 0 Å². The number of fused-ring (bicyclic) bond motifs is 4. The second-order valence-corrected chi connectivity index (χ2v) is 10.5. The van der Waals surface area contributed by atoms with Gasteiger partial charge in [-0.3, -0.25) is 4.40 Å². The summed E-state index contributed by atoms with van der Waals surface area (Å²) in [6, 6.07) is 57.3. The summed E-state index contributed by atoms with van der Waals surface area (Å²) in [6.07, 6.45) is 2.12. The molecule has 0 N–H and O–H groups in total. The monoisotopic (exact) mass is 552 g/mol. The molecule has 6 aromatic carbocycles. The van der Waals surface area contributed by atoms with Gasteiger partial charge in [-0.1, -0.05) is 103 Å². The van der Waals surface area contributed by atoms with E-state index in [1.54, 1.807) is 0 Å². The summed E-state index contributed by atoms with van der Waals surface area (Å²) >= 11 is 0. The van der Waals surface area contributed by atoms with Gasteiger partial charge in [0.2, 0.25) is 0 Å². The molecule has 0 saturated carbocycles. The van der Waals surface area contributed by atoms with Gasteiger partial charge in [0, 0.05) is 39.7 Å². The smallest absolute Gasteiger partial charge is 0.138 e. The molecule has 8 rings (SSSR count). The van der Waals surface area contributed by atoms with Gasteiger partial charge in [0.25, 0.3) is 0 Å². The van der Waals surface area contributed by atoms with E-state index in [0.29, 0.717) is 0 Å². The van der Waals surface area contributed by atoms with Crippen LogP contribution in [-0.2, 0) is 0 Å². The fourth-order valence-corrected chi connectivity index (χ4v) is 6.11. The van der Waals surface area contributed by atoms with Gasteiger partial charge in [-0.2, -0.15) is 0 Å². The van der Waals surface area contributed by atoms with Gasteiger partial charge >= 0.3 is 0 Å².